The molecule has 0 saturated carbocycles. The van der Waals surface area contributed by atoms with E-state index in [0.717, 1.165) is 26.8 Å². The van der Waals surface area contributed by atoms with E-state index in [1.165, 1.54) is 26.2 Å². The summed E-state index contributed by atoms with van der Waals surface area (Å²) in [6.07, 6.45) is 1.13. The first kappa shape index (κ1) is 29.8. The van der Waals surface area contributed by atoms with Crippen molar-refractivity contribution in [1.29, 1.82) is 0 Å². The molecule has 0 radical (unpaired) electrons. The third-order valence-corrected chi connectivity index (χ3v) is 7.61. The van der Waals surface area contributed by atoms with E-state index in [1.54, 1.807) is 37.6 Å². The quantitative estimate of drug-likeness (QED) is 0.471. The van der Waals surface area contributed by atoms with E-state index in [0.29, 0.717) is 6.42 Å². The van der Waals surface area contributed by atoms with Gasteiger partial charge in [-0.2, -0.15) is 5.10 Å². The number of carbonyl (C=O) groups excluding carboxylic acids is 1. The molecule has 1 heterocycles. The number of ether oxygens (including phenoxy) is 1. The van der Waals surface area contributed by atoms with Gasteiger partial charge < -0.3 is 10.1 Å². The van der Waals surface area contributed by atoms with Crippen LogP contribution in [0.3, 0.4) is 0 Å². The number of halogens is 2. The standard InChI is InChI=1S/C25H36ClFN4O4S/c1-16(2)23-20(13-18-9-10-22(21(26)14-18)36(33,34)30(7)8)17(3)31(29-23)15-19(27)11-12-28-24(32)35-25(4,5)6/h9-11,14,16H,12-13,15H2,1-8H3,(H,28,32)/b19-11-. The molecule has 0 unspecified atom stereocenters. The van der Waals surface area contributed by atoms with Crippen molar-refractivity contribution in [1.82, 2.24) is 19.4 Å². The molecular weight excluding hydrogens is 507 g/mol. The predicted molar refractivity (Wildman–Crippen MR) is 140 cm³/mol. The lowest BCUT2D eigenvalue weighted by molar-refractivity contribution is 0.0534. The van der Waals surface area contributed by atoms with Crippen LogP contribution in [-0.2, 0) is 27.7 Å². The van der Waals surface area contributed by atoms with Gasteiger partial charge in [0.15, 0.2) is 0 Å². The molecule has 0 spiro atoms. The van der Waals surface area contributed by atoms with Crippen molar-refractivity contribution in [3.63, 3.8) is 0 Å². The monoisotopic (exact) mass is 542 g/mol. The molecule has 2 rings (SSSR count). The third kappa shape index (κ3) is 7.78. The fourth-order valence-corrected chi connectivity index (χ4v) is 4.91. The topological polar surface area (TPSA) is 93.5 Å². The zero-order chi connectivity index (χ0) is 27.4. The number of alkyl carbamates (subject to hydrolysis) is 1. The predicted octanol–water partition coefficient (Wildman–Crippen LogP) is 5.19. The highest BCUT2D eigenvalue weighted by molar-refractivity contribution is 7.89. The third-order valence-electron chi connectivity index (χ3n) is 5.31. The summed E-state index contributed by atoms with van der Waals surface area (Å²) in [5.74, 6) is -0.357. The summed E-state index contributed by atoms with van der Waals surface area (Å²) in [5, 5.41) is 7.27. The van der Waals surface area contributed by atoms with E-state index in [1.807, 2.05) is 20.8 Å². The van der Waals surface area contributed by atoms with Gasteiger partial charge >= 0.3 is 6.09 Å². The Morgan fingerprint density at radius 2 is 1.94 bits per heavy atom. The van der Waals surface area contributed by atoms with Gasteiger partial charge in [-0.1, -0.05) is 31.5 Å². The Bertz CT molecular complexity index is 1230. The Balaban J connectivity index is 2.23. The molecule has 0 fully saturated rings. The number of hydrogen-bond acceptors (Lipinski definition) is 5. The average molecular weight is 543 g/mol. The minimum absolute atomic E-state index is 0.00827. The minimum Gasteiger partial charge on any atom is -0.444 e. The van der Waals surface area contributed by atoms with Crippen LogP contribution in [0.15, 0.2) is 35.0 Å². The van der Waals surface area contributed by atoms with Crippen LogP contribution in [0.5, 0.6) is 0 Å². The van der Waals surface area contributed by atoms with Crippen LogP contribution in [0, 0.1) is 6.92 Å². The largest absolute Gasteiger partial charge is 0.444 e. The molecule has 11 heteroatoms. The normalized spacial score (nSPS) is 12.9. The van der Waals surface area contributed by atoms with Crippen LogP contribution in [0.4, 0.5) is 9.18 Å². The average Bonchev–Trinajstić information content (AvgIpc) is 3.02. The Kier molecular flexibility index (Phi) is 9.72. The molecule has 8 nitrogen and oxygen atoms in total. The maximum Gasteiger partial charge on any atom is 0.407 e. The molecular formula is C25H36ClFN4O4S. The van der Waals surface area contributed by atoms with Gasteiger partial charge in [-0.3, -0.25) is 4.68 Å². The van der Waals surface area contributed by atoms with E-state index < -0.39 is 27.5 Å². The lowest BCUT2D eigenvalue weighted by Crippen LogP contribution is -2.32. The zero-order valence-electron chi connectivity index (χ0n) is 22.1. The summed E-state index contributed by atoms with van der Waals surface area (Å²) >= 11 is 6.32. The van der Waals surface area contributed by atoms with Crippen molar-refractivity contribution in [2.24, 2.45) is 0 Å². The lowest BCUT2D eigenvalue weighted by atomic mass is 9.98. The van der Waals surface area contributed by atoms with Crippen LogP contribution in [0.2, 0.25) is 5.02 Å². The van der Waals surface area contributed by atoms with Gasteiger partial charge in [0, 0.05) is 38.3 Å². The van der Waals surface area contributed by atoms with Gasteiger partial charge in [-0.05, 0) is 57.4 Å². The van der Waals surface area contributed by atoms with E-state index in [4.69, 9.17) is 16.3 Å². The molecule has 36 heavy (non-hydrogen) atoms. The first-order chi connectivity index (χ1) is 16.5. The maximum absolute atomic E-state index is 14.6. The number of benzene rings is 1. The summed E-state index contributed by atoms with van der Waals surface area (Å²) in [4.78, 5) is 11.8. The second kappa shape index (κ2) is 11.7. The van der Waals surface area contributed by atoms with E-state index in [2.05, 4.69) is 10.4 Å². The fourth-order valence-electron chi connectivity index (χ4n) is 3.47. The Hall–Kier alpha value is -2.43. The second-order valence-corrected chi connectivity index (χ2v) is 12.6. The number of hydrogen-bond donors (Lipinski definition) is 1. The highest BCUT2D eigenvalue weighted by atomic mass is 35.5. The van der Waals surface area contributed by atoms with E-state index >= 15 is 0 Å². The molecule has 0 aliphatic carbocycles. The smallest absolute Gasteiger partial charge is 0.407 e. The first-order valence-corrected chi connectivity index (χ1v) is 13.4. The summed E-state index contributed by atoms with van der Waals surface area (Å²) < 4.78 is 47.4. The van der Waals surface area contributed by atoms with Gasteiger partial charge in [0.25, 0.3) is 0 Å². The molecule has 200 valence electrons. The van der Waals surface area contributed by atoms with Gasteiger partial charge in [0.1, 0.15) is 16.3 Å². The molecule has 1 N–H and O–H groups in total. The molecule has 0 bridgehead atoms. The van der Waals surface area contributed by atoms with Gasteiger partial charge in [-0.25, -0.2) is 21.9 Å². The number of carbonyl (C=O) groups is 1. The van der Waals surface area contributed by atoms with Crippen LogP contribution in [0.25, 0.3) is 0 Å². The Morgan fingerprint density at radius 1 is 1.31 bits per heavy atom. The lowest BCUT2D eigenvalue weighted by Gasteiger charge is -2.19. The zero-order valence-corrected chi connectivity index (χ0v) is 23.7. The number of nitrogens with zero attached hydrogens (tertiary/aromatic N) is 3. The maximum atomic E-state index is 14.6. The van der Waals surface area contributed by atoms with Crippen LogP contribution < -0.4 is 5.32 Å². The summed E-state index contributed by atoms with van der Waals surface area (Å²) in [6, 6.07) is 4.87. The van der Waals surface area contributed by atoms with Crippen molar-refractivity contribution in [2.75, 3.05) is 20.6 Å². The number of sulfonamides is 1. The highest BCUT2D eigenvalue weighted by Gasteiger charge is 2.23. The number of amides is 1. The van der Waals surface area contributed by atoms with Crippen molar-refractivity contribution in [2.45, 2.75) is 70.9 Å². The summed E-state index contributed by atoms with van der Waals surface area (Å²) in [5.41, 5.74) is 2.74. The van der Waals surface area contributed by atoms with E-state index in [9.17, 15) is 17.6 Å². The molecule has 0 atom stereocenters. The number of allylic oxidation sites excluding steroid dienone is 1. The van der Waals surface area contributed by atoms with Crippen molar-refractivity contribution >= 4 is 27.7 Å². The van der Waals surface area contributed by atoms with Crippen molar-refractivity contribution in [3.05, 3.63) is 57.6 Å². The van der Waals surface area contributed by atoms with Crippen molar-refractivity contribution in [3.8, 4) is 0 Å². The van der Waals surface area contributed by atoms with Crippen LogP contribution in [0.1, 0.15) is 63.1 Å². The molecule has 0 aliphatic rings. The number of rotatable bonds is 9. The minimum atomic E-state index is -3.66. The Morgan fingerprint density at radius 3 is 2.47 bits per heavy atom. The molecule has 0 aliphatic heterocycles. The fraction of sp³-hybridized carbons (Fsp3) is 0.520. The summed E-state index contributed by atoms with van der Waals surface area (Å²) in [7, 11) is -0.752. The molecule has 2 aromatic rings. The van der Waals surface area contributed by atoms with E-state index in [-0.39, 0.29) is 28.9 Å². The highest BCUT2D eigenvalue weighted by Crippen LogP contribution is 2.29. The van der Waals surface area contributed by atoms with Gasteiger partial charge in [0.05, 0.1) is 17.3 Å². The molecule has 0 saturated heterocycles. The number of aromatic nitrogens is 2. The van der Waals surface area contributed by atoms with Crippen LogP contribution in [-0.4, -0.2) is 54.8 Å². The SMILES string of the molecule is Cc1c(Cc2ccc(S(=O)(=O)N(C)C)c(Cl)c2)c(C(C)C)nn1C/C(F)=C/CNC(=O)OC(C)(C)C. The van der Waals surface area contributed by atoms with Crippen molar-refractivity contribution < 1.29 is 22.3 Å². The molecule has 1 aromatic carbocycles. The first-order valence-electron chi connectivity index (χ1n) is 11.6. The number of nitrogens with one attached hydrogen (secondary N) is 1. The van der Waals surface area contributed by atoms with Gasteiger partial charge in [0.2, 0.25) is 10.0 Å². The molecule has 1 aromatic heterocycles. The van der Waals surface area contributed by atoms with Gasteiger partial charge in [-0.15, -0.1) is 0 Å². The second-order valence-electron chi connectivity index (χ2n) is 10.0. The summed E-state index contributed by atoms with van der Waals surface area (Å²) in [6.45, 7) is 11.0. The van der Waals surface area contributed by atoms with Crippen LogP contribution >= 0.6 is 11.6 Å². The Labute approximate surface area is 218 Å². The molecule has 1 amide bonds.